The second-order valence-corrected chi connectivity index (χ2v) is 16.1. The van der Waals surface area contributed by atoms with Crippen molar-refractivity contribution in [1.29, 1.82) is 0 Å². The molecular formula is C43H75NO18. The van der Waals surface area contributed by atoms with Gasteiger partial charge in [-0.05, 0) is 44.9 Å². The van der Waals surface area contributed by atoms with Crippen LogP contribution in [0.2, 0.25) is 0 Å². The number of rotatable bonds is 28. The van der Waals surface area contributed by atoms with Crippen LogP contribution in [0.3, 0.4) is 0 Å². The predicted octanol–water partition coefficient (Wildman–Crippen LogP) is -0.923. The number of amides is 1. The van der Waals surface area contributed by atoms with Crippen LogP contribution in [0.15, 0.2) is 36.5 Å². The molecule has 19 heteroatoms. The first kappa shape index (κ1) is 54.3. The molecule has 0 aliphatic carbocycles. The number of nitrogens with one attached hydrogen (secondary N) is 1. The molecule has 3 saturated heterocycles. The molecule has 0 aromatic heterocycles. The van der Waals surface area contributed by atoms with E-state index in [1.54, 1.807) is 6.08 Å². The van der Waals surface area contributed by atoms with Crippen molar-refractivity contribution < 1.29 is 89.4 Å². The van der Waals surface area contributed by atoms with E-state index in [-0.39, 0.29) is 18.9 Å². The van der Waals surface area contributed by atoms with Crippen molar-refractivity contribution in [3.05, 3.63) is 36.5 Å². The number of allylic oxidation sites excluding steroid dienone is 5. The molecule has 3 aliphatic rings. The summed E-state index contributed by atoms with van der Waals surface area (Å²) < 4.78 is 33.7. The zero-order chi connectivity index (χ0) is 45.6. The van der Waals surface area contributed by atoms with Gasteiger partial charge in [0.05, 0.1) is 38.6 Å². The molecule has 17 unspecified atom stereocenters. The maximum Gasteiger partial charge on any atom is 0.220 e. The lowest BCUT2D eigenvalue weighted by molar-refractivity contribution is -0.379. The summed E-state index contributed by atoms with van der Waals surface area (Å²) in [4.78, 5) is 12.6. The van der Waals surface area contributed by atoms with E-state index in [0.29, 0.717) is 12.8 Å². The number of carbonyl (C=O) groups is 1. The van der Waals surface area contributed by atoms with Crippen LogP contribution in [0, 0.1) is 0 Å². The summed E-state index contributed by atoms with van der Waals surface area (Å²) in [6.45, 7) is 1.23. The first-order valence-corrected chi connectivity index (χ1v) is 22.2. The average molecular weight is 894 g/mol. The standard InChI is InChI=1S/C43H75NO18/c1-3-5-6-7-8-9-10-11-12-13-14-15-16-17-18-19-21-27(48)26(44-31(49)20-4-2)25-57-41-37(55)34(52)39(29(23-46)59-41)62-43-38(56)35(53)40(30(24-47)60-43)61-42-36(54)33(51)32(50)28(22-45)58-42/h11-12,15-16,19,21,26-30,32-43,45-48,50-56H,3-10,13-14,17-18,20,22-25H2,1-2H3,(H,44,49)/b12-11+,16-15+,21-19+. The monoisotopic (exact) mass is 893 g/mol. The zero-order valence-corrected chi connectivity index (χ0v) is 36.1. The molecular weight excluding hydrogens is 818 g/mol. The van der Waals surface area contributed by atoms with Gasteiger partial charge in [0.1, 0.15) is 73.2 Å². The van der Waals surface area contributed by atoms with Crippen LogP contribution in [-0.2, 0) is 33.2 Å². The van der Waals surface area contributed by atoms with Crippen LogP contribution >= 0.6 is 0 Å². The number of unbranched alkanes of at least 4 members (excludes halogenated alkanes) is 8. The highest BCUT2D eigenvalue weighted by molar-refractivity contribution is 5.76. The Balaban J connectivity index is 1.53. The van der Waals surface area contributed by atoms with Crippen molar-refractivity contribution in [2.24, 2.45) is 0 Å². The maximum absolute atomic E-state index is 12.6. The molecule has 3 heterocycles. The van der Waals surface area contributed by atoms with Gasteiger partial charge in [0.15, 0.2) is 18.9 Å². The molecule has 1 amide bonds. The number of ether oxygens (including phenoxy) is 6. The van der Waals surface area contributed by atoms with E-state index in [2.05, 4.69) is 36.5 Å². The maximum atomic E-state index is 12.6. The van der Waals surface area contributed by atoms with E-state index in [1.165, 1.54) is 44.6 Å². The van der Waals surface area contributed by atoms with Gasteiger partial charge in [0, 0.05) is 6.42 Å². The smallest absolute Gasteiger partial charge is 0.220 e. The number of aliphatic hydroxyl groups excluding tert-OH is 11. The normalized spacial score (nSPS) is 35.5. The summed E-state index contributed by atoms with van der Waals surface area (Å²) in [5.41, 5.74) is 0. The second kappa shape index (κ2) is 29.5. The molecule has 12 N–H and O–H groups in total. The molecule has 0 aromatic carbocycles. The molecule has 360 valence electrons. The minimum Gasteiger partial charge on any atom is -0.394 e. The average Bonchev–Trinajstić information content (AvgIpc) is 3.26. The molecule has 3 rings (SSSR count). The van der Waals surface area contributed by atoms with Crippen LogP contribution in [-0.4, -0.2) is 193 Å². The Morgan fingerprint density at radius 3 is 1.58 bits per heavy atom. The summed E-state index contributed by atoms with van der Waals surface area (Å²) in [5.74, 6) is -0.348. The number of hydrogen-bond donors (Lipinski definition) is 12. The van der Waals surface area contributed by atoms with E-state index in [0.717, 1.165) is 25.7 Å². The van der Waals surface area contributed by atoms with Crippen molar-refractivity contribution in [1.82, 2.24) is 5.32 Å². The van der Waals surface area contributed by atoms with Gasteiger partial charge in [-0.25, -0.2) is 0 Å². The molecule has 62 heavy (non-hydrogen) atoms. The second-order valence-electron chi connectivity index (χ2n) is 16.1. The molecule has 0 spiro atoms. The lowest BCUT2D eigenvalue weighted by Crippen LogP contribution is -2.66. The number of carbonyl (C=O) groups excluding carboxylic acids is 1. The third-order valence-electron chi connectivity index (χ3n) is 11.1. The Bertz CT molecular complexity index is 1300. The van der Waals surface area contributed by atoms with Gasteiger partial charge in [-0.15, -0.1) is 0 Å². The predicted molar refractivity (Wildman–Crippen MR) is 222 cm³/mol. The number of aliphatic hydroxyl groups is 11. The molecule has 0 saturated carbocycles. The minimum absolute atomic E-state index is 0.181. The van der Waals surface area contributed by atoms with Crippen molar-refractivity contribution in [2.75, 3.05) is 26.4 Å². The fourth-order valence-electron chi connectivity index (χ4n) is 7.38. The molecule has 3 fully saturated rings. The highest BCUT2D eigenvalue weighted by atomic mass is 16.8. The van der Waals surface area contributed by atoms with E-state index in [4.69, 9.17) is 28.4 Å². The third kappa shape index (κ3) is 16.8. The Kier molecular flexibility index (Phi) is 25.9. The van der Waals surface area contributed by atoms with Gasteiger partial charge in [0.25, 0.3) is 0 Å². The number of hydrogen-bond acceptors (Lipinski definition) is 18. The third-order valence-corrected chi connectivity index (χ3v) is 11.1. The van der Waals surface area contributed by atoms with Gasteiger partial charge < -0.3 is 89.9 Å². The fourth-order valence-corrected chi connectivity index (χ4v) is 7.38. The molecule has 19 nitrogen and oxygen atoms in total. The van der Waals surface area contributed by atoms with Gasteiger partial charge in [0.2, 0.25) is 5.91 Å². The molecule has 0 radical (unpaired) electrons. The van der Waals surface area contributed by atoms with Crippen molar-refractivity contribution in [3.8, 4) is 0 Å². The van der Waals surface area contributed by atoms with Crippen LogP contribution < -0.4 is 5.32 Å². The minimum atomic E-state index is -1.98. The lowest BCUT2D eigenvalue weighted by Gasteiger charge is -2.48. The van der Waals surface area contributed by atoms with Crippen LogP contribution in [0.1, 0.15) is 97.3 Å². The summed E-state index contributed by atoms with van der Waals surface area (Å²) in [6, 6.07) is -0.987. The Morgan fingerprint density at radius 1 is 0.565 bits per heavy atom. The Morgan fingerprint density at radius 2 is 1.03 bits per heavy atom. The highest BCUT2D eigenvalue weighted by Crippen LogP contribution is 2.32. The van der Waals surface area contributed by atoms with E-state index >= 15 is 0 Å². The van der Waals surface area contributed by atoms with Crippen molar-refractivity contribution in [3.63, 3.8) is 0 Å². The first-order chi connectivity index (χ1) is 29.8. The largest absolute Gasteiger partial charge is 0.394 e. The Labute approximate surface area is 364 Å². The fraction of sp³-hybridized carbons (Fsp3) is 0.837. The topological polar surface area (TPSA) is 307 Å². The van der Waals surface area contributed by atoms with Crippen LogP contribution in [0.5, 0.6) is 0 Å². The van der Waals surface area contributed by atoms with Gasteiger partial charge >= 0.3 is 0 Å². The molecule has 0 aromatic rings. The van der Waals surface area contributed by atoms with Crippen LogP contribution in [0.4, 0.5) is 0 Å². The summed E-state index contributed by atoms with van der Waals surface area (Å²) in [5, 5.41) is 118. The van der Waals surface area contributed by atoms with Crippen LogP contribution in [0.25, 0.3) is 0 Å². The molecule has 3 aliphatic heterocycles. The summed E-state index contributed by atoms with van der Waals surface area (Å²) in [7, 11) is 0. The van der Waals surface area contributed by atoms with E-state index in [9.17, 15) is 61.0 Å². The molecule has 17 atom stereocenters. The van der Waals surface area contributed by atoms with Gasteiger partial charge in [-0.2, -0.15) is 0 Å². The van der Waals surface area contributed by atoms with Crippen molar-refractivity contribution >= 4 is 5.91 Å². The Hall–Kier alpha value is -1.99. The zero-order valence-electron chi connectivity index (χ0n) is 36.1. The summed E-state index contributed by atoms with van der Waals surface area (Å²) >= 11 is 0. The van der Waals surface area contributed by atoms with Gasteiger partial charge in [-0.1, -0.05) is 82.4 Å². The van der Waals surface area contributed by atoms with E-state index < -0.39 is 124 Å². The quantitative estimate of drug-likeness (QED) is 0.0334. The SMILES string of the molecule is CCCCCCCC/C=C/CC/C=C/CC/C=C/C(O)C(COC1OC(CO)C(OC2OC(CO)C(OC3OC(CO)C(O)C(O)C3O)C(O)C2O)C(O)C1O)NC(=O)CCC. The van der Waals surface area contributed by atoms with E-state index in [1.807, 2.05) is 6.92 Å². The lowest BCUT2D eigenvalue weighted by atomic mass is 9.96. The summed E-state index contributed by atoms with van der Waals surface area (Å²) in [6.07, 6.45) is -1.99. The van der Waals surface area contributed by atoms with Crippen molar-refractivity contribution in [2.45, 2.75) is 202 Å². The highest BCUT2D eigenvalue weighted by Gasteiger charge is 2.53. The molecule has 0 bridgehead atoms. The first-order valence-electron chi connectivity index (χ1n) is 22.2. The van der Waals surface area contributed by atoms with Gasteiger partial charge in [-0.3, -0.25) is 4.79 Å².